The Morgan fingerprint density at radius 1 is 1.61 bits per heavy atom. The van der Waals surface area contributed by atoms with Crippen molar-refractivity contribution in [3.05, 3.63) is 23.8 Å². The molecule has 1 aliphatic heterocycles. The van der Waals surface area contributed by atoms with Crippen molar-refractivity contribution in [1.82, 2.24) is 0 Å². The molecule has 0 saturated carbocycles. The molecule has 2 unspecified atom stereocenters. The molecule has 5 heteroatoms. The van der Waals surface area contributed by atoms with Crippen LogP contribution in [0.3, 0.4) is 0 Å². The minimum absolute atomic E-state index is 0.207. The van der Waals surface area contributed by atoms with E-state index in [0.29, 0.717) is 17.3 Å². The second-order valence-corrected chi connectivity index (χ2v) is 4.66. The smallest absolute Gasteiger partial charge is 0.335 e. The number of nitrogens with two attached hydrogens (primary N) is 1. The van der Waals surface area contributed by atoms with E-state index >= 15 is 0 Å². The molecule has 1 fully saturated rings. The lowest BCUT2D eigenvalue weighted by atomic mass is 10.00. The summed E-state index contributed by atoms with van der Waals surface area (Å²) in [7, 11) is 0. The molecule has 5 nitrogen and oxygen atoms in total. The SMILES string of the molecule is CC(Nc1cc(C(=O)O)ccc1N)C1CCOC1. The molecule has 1 aliphatic rings. The summed E-state index contributed by atoms with van der Waals surface area (Å²) in [6.07, 6.45) is 1.02. The molecule has 1 aromatic carbocycles. The van der Waals surface area contributed by atoms with Crippen molar-refractivity contribution in [2.24, 2.45) is 5.92 Å². The highest BCUT2D eigenvalue weighted by atomic mass is 16.5. The first-order chi connectivity index (χ1) is 8.58. The zero-order chi connectivity index (χ0) is 13.1. The maximum atomic E-state index is 10.9. The number of carboxylic acids is 1. The van der Waals surface area contributed by atoms with Crippen molar-refractivity contribution < 1.29 is 14.6 Å². The van der Waals surface area contributed by atoms with Crippen molar-refractivity contribution in [3.8, 4) is 0 Å². The first-order valence-electron chi connectivity index (χ1n) is 6.05. The second-order valence-electron chi connectivity index (χ2n) is 4.66. The average Bonchev–Trinajstić information content (AvgIpc) is 2.85. The maximum Gasteiger partial charge on any atom is 0.335 e. The Bertz CT molecular complexity index is 442. The number of hydrogen-bond acceptors (Lipinski definition) is 4. The molecule has 1 saturated heterocycles. The Labute approximate surface area is 106 Å². The summed E-state index contributed by atoms with van der Waals surface area (Å²) in [5.41, 5.74) is 7.32. The first kappa shape index (κ1) is 12.7. The van der Waals surface area contributed by atoms with Crippen molar-refractivity contribution in [2.45, 2.75) is 19.4 Å². The van der Waals surface area contributed by atoms with E-state index in [2.05, 4.69) is 12.2 Å². The van der Waals surface area contributed by atoms with Crippen LogP contribution < -0.4 is 11.1 Å². The van der Waals surface area contributed by atoms with Gasteiger partial charge in [0.05, 0.1) is 23.5 Å². The topological polar surface area (TPSA) is 84.6 Å². The minimum Gasteiger partial charge on any atom is -0.478 e. The Hall–Kier alpha value is -1.75. The molecule has 0 amide bonds. The van der Waals surface area contributed by atoms with Crippen molar-refractivity contribution >= 4 is 17.3 Å². The molecule has 2 rings (SSSR count). The van der Waals surface area contributed by atoms with E-state index in [0.717, 1.165) is 19.6 Å². The highest BCUT2D eigenvalue weighted by Crippen LogP contribution is 2.25. The molecule has 1 heterocycles. The molecular weight excluding hydrogens is 232 g/mol. The van der Waals surface area contributed by atoms with Crippen LogP contribution in [-0.4, -0.2) is 30.3 Å². The second kappa shape index (κ2) is 5.27. The number of nitrogens with one attached hydrogen (secondary N) is 1. The summed E-state index contributed by atoms with van der Waals surface area (Å²) in [4.78, 5) is 10.9. The summed E-state index contributed by atoms with van der Waals surface area (Å²) in [5.74, 6) is -0.507. The summed E-state index contributed by atoms with van der Waals surface area (Å²) >= 11 is 0. The molecule has 98 valence electrons. The van der Waals surface area contributed by atoms with Crippen LogP contribution in [0.25, 0.3) is 0 Å². The lowest BCUT2D eigenvalue weighted by Gasteiger charge is -2.21. The number of benzene rings is 1. The number of anilines is 2. The molecule has 0 radical (unpaired) electrons. The third-order valence-electron chi connectivity index (χ3n) is 3.36. The number of aromatic carboxylic acids is 1. The maximum absolute atomic E-state index is 10.9. The zero-order valence-electron chi connectivity index (χ0n) is 10.3. The van der Waals surface area contributed by atoms with E-state index in [1.807, 2.05) is 0 Å². The van der Waals surface area contributed by atoms with Gasteiger partial charge >= 0.3 is 5.97 Å². The van der Waals surface area contributed by atoms with Crippen LogP contribution >= 0.6 is 0 Å². The standard InChI is InChI=1S/C13H18N2O3/c1-8(10-4-5-18-7-10)15-12-6-9(13(16)17)2-3-11(12)14/h2-3,6,8,10,15H,4-5,7,14H2,1H3,(H,16,17). The first-order valence-corrected chi connectivity index (χ1v) is 6.05. The van der Waals surface area contributed by atoms with E-state index in [1.54, 1.807) is 12.1 Å². The van der Waals surface area contributed by atoms with Crippen LogP contribution in [0.2, 0.25) is 0 Å². The highest BCUT2D eigenvalue weighted by Gasteiger charge is 2.22. The van der Waals surface area contributed by atoms with Crippen LogP contribution in [-0.2, 0) is 4.74 Å². The Morgan fingerprint density at radius 3 is 3.00 bits per heavy atom. The monoisotopic (exact) mass is 250 g/mol. The predicted octanol–water partition coefficient (Wildman–Crippen LogP) is 1.80. The van der Waals surface area contributed by atoms with E-state index in [1.165, 1.54) is 6.07 Å². The molecule has 1 aromatic rings. The minimum atomic E-state index is -0.949. The molecule has 0 aromatic heterocycles. The van der Waals surface area contributed by atoms with E-state index in [4.69, 9.17) is 15.6 Å². The van der Waals surface area contributed by atoms with Crippen molar-refractivity contribution in [1.29, 1.82) is 0 Å². The molecule has 0 bridgehead atoms. The average molecular weight is 250 g/mol. The number of hydrogen-bond donors (Lipinski definition) is 3. The van der Waals surface area contributed by atoms with Gasteiger partial charge in [-0.3, -0.25) is 0 Å². The zero-order valence-corrected chi connectivity index (χ0v) is 10.3. The summed E-state index contributed by atoms with van der Waals surface area (Å²) in [5, 5.41) is 12.2. The number of nitrogen functional groups attached to an aromatic ring is 1. The van der Waals surface area contributed by atoms with Gasteiger partial charge in [0.2, 0.25) is 0 Å². The van der Waals surface area contributed by atoms with Gasteiger partial charge in [0.25, 0.3) is 0 Å². The van der Waals surface area contributed by atoms with Gasteiger partial charge in [0, 0.05) is 18.6 Å². The fraction of sp³-hybridized carbons (Fsp3) is 0.462. The van der Waals surface area contributed by atoms with Gasteiger partial charge in [-0.15, -0.1) is 0 Å². The molecule has 2 atom stereocenters. The van der Waals surface area contributed by atoms with Gasteiger partial charge in [-0.25, -0.2) is 4.79 Å². The third-order valence-corrected chi connectivity index (χ3v) is 3.36. The number of rotatable bonds is 4. The van der Waals surface area contributed by atoms with Crippen LogP contribution in [0.1, 0.15) is 23.7 Å². The van der Waals surface area contributed by atoms with Crippen LogP contribution in [0, 0.1) is 5.92 Å². The Kier molecular flexibility index (Phi) is 3.72. The normalized spacial score (nSPS) is 20.6. The Balaban J connectivity index is 2.12. The van der Waals surface area contributed by atoms with Crippen LogP contribution in [0.5, 0.6) is 0 Å². The fourth-order valence-electron chi connectivity index (χ4n) is 2.12. The molecule has 18 heavy (non-hydrogen) atoms. The molecule has 0 aliphatic carbocycles. The number of carbonyl (C=O) groups is 1. The van der Waals surface area contributed by atoms with Gasteiger partial charge in [0.15, 0.2) is 0 Å². The quantitative estimate of drug-likeness (QED) is 0.710. The molecule has 4 N–H and O–H groups in total. The van der Waals surface area contributed by atoms with Crippen LogP contribution in [0.4, 0.5) is 11.4 Å². The largest absolute Gasteiger partial charge is 0.478 e. The van der Waals surface area contributed by atoms with E-state index in [-0.39, 0.29) is 11.6 Å². The highest BCUT2D eigenvalue weighted by molar-refractivity contribution is 5.90. The fourth-order valence-corrected chi connectivity index (χ4v) is 2.12. The van der Waals surface area contributed by atoms with Gasteiger partial charge in [-0.2, -0.15) is 0 Å². The summed E-state index contributed by atoms with van der Waals surface area (Å²) in [6.45, 7) is 3.60. The Morgan fingerprint density at radius 2 is 2.39 bits per heavy atom. The van der Waals surface area contributed by atoms with Gasteiger partial charge < -0.3 is 20.9 Å². The van der Waals surface area contributed by atoms with E-state index < -0.39 is 5.97 Å². The number of carboxylic acid groups (broad SMARTS) is 1. The summed E-state index contributed by atoms with van der Waals surface area (Å²) in [6, 6.07) is 4.90. The molecule has 0 spiro atoms. The van der Waals surface area contributed by atoms with Crippen molar-refractivity contribution in [3.63, 3.8) is 0 Å². The van der Waals surface area contributed by atoms with Crippen molar-refractivity contribution in [2.75, 3.05) is 24.3 Å². The third kappa shape index (κ3) is 2.73. The van der Waals surface area contributed by atoms with Gasteiger partial charge in [0.1, 0.15) is 0 Å². The van der Waals surface area contributed by atoms with Gasteiger partial charge in [-0.1, -0.05) is 0 Å². The predicted molar refractivity (Wildman–Crippen MR) is 69.8 cm³/mol. The number of ether oxygens (including phenoxy) is 1. The van der Waals surface area contributed by atoms with E-state index in [9.17, 15) is 4.79 Å². The molecular formula is C13H18N2O3. The lowest BCUT2D eigenvalue weighted by molar-refractivity contribution is 0.0697. The van der Waals surface area contributed by atoms with Gasteiger partial charge in [-0.05, 0) is 31.5 Å². The summed E-state index contributed by atoms with van der Waals surface area (Å²) < 4.78 is 5.34. The van der Waals surface area contributed by atoms with Crippen LogP contribution in [0.15, 0.2) is 18.2 Å². The lowest BCUT2D eigenvalue weighted by Crippen LogP contribution is -2.26.